The molecule has 3 aromatic carbocycles. The van der Waals surface area contributed by atoms with Gasteiger partial charge in [-0.05, 0) is 28.8 Å². The molecule has 0 aliphatic carbocycles. The maximum absolute atomic E-state index is 10.4. The first-order valence-corrected chi connectivity index (χ1v) is 7.69. The van der Waals surface area contributed by atoms with Crippen LogP contribution in [0.4, 0.5) is 0 Å². The topological polar surface area (TPSA) is 20.2 Å². The standard InChI is InChI=1S/C19H14Cl2O/c20-16-10-11-17(18(21)12-16)13-6-8-15(9-7-13)19(22)14-4-2-1-3-5-14/h1-12,19,22H. The molecule has 0 spiro atoms. The lowest BCUT2D eigenvalue weighted by Gasteiger charge is -2.12. The zero-order valence-electron chi connectivity index (χ0n) is 11.7. The Bertz CT molecular complexity index is 767. The van der Waals surface area contributed by atoms with Crippen molar-refractivity contribution in [3.05, 3.63) is 94.0 Å². The van der Waals surface area contributed by atoms with Gasteiger partial charge in [0.25, 0.3) is 0 Å². The highest BCUT2D eigenvalue weighted by molar-refractivity contribution is 6.36. The van der Waals surface area contributed by atoms with Crippen molar-refractivity contribution in [3.63, 3.8) is 0 Å². The lowest BCUT2D eigenvalue weighted by atomic mass is 9.98. The van der Waals surface area contributed by atoms with Gasteiger partial charge in [0.1, 0.15) is 6.10 Å². The second kappa shape index (κ2) is 6.53. The van der Waals surface area contributed by atoms with Crippen molar-refractivity contribution in [2.24, 2.45) is 0 Å². The van der Waals surface area contributed by atoms with Crippen LogP contribution in [0.3, 0.4) is 0 Å². The van der Waals surface area contributed by atoms with E-state index in [1.807, 2.05) is 66.7 Å². The van der Waals surface area contributed by atoms with Gasteiger partial charge in [-0.25, -0.2) is 0 Å². The predicted molar refractivity (Wildman–Crippen MR) is 92.4 cm³/mol. The van der Waals surface area contributed by atoms with Crippen LogP contribution in [-0.4, -0.2) is 5.11 Å². The molecule has 0 radical (unpaired) electrons. The van der Waals surface area contributed by atoms with E-state index in [1.165, 1.54) is 0 Å². The molecule has 0 bridgehead atoms. The quantitative estimate of drug-likeness (QED) is 0.649. The summed E-state index contributed by atoms with van der Waals surface area (Å²) in [7, 11) is 0. The average molecular weight is 329 g/mol. The summed E-state index contributed by atoms with van der Waals surface area (Å²) in [5, 5.41) is 11.6. The van der Waals surface area contributed by atoms with Crippen LogP contribution in [0.25, 0.3) is 11.1 Å². The summed E-state index contributed by atoms with van der Waals surface area (Å²) in [6, 6.07) is 22.8. The Kier molecular flexibility index (Phi) is 4.49. The number of rotatable bonds is 3. The predicted octanol–water partition coefficient (Wildman–Crippen LogP) is 5.74. The maximum atomic E-state index is 10.4. The van der Waals surface area contributed by atoms with Crippen molar-refractivity contribution in [2.75, 3.05) is 0 Å². The molecule has 3 rings (SSSR count). The van der Waals surface area contributed by atoms with Gasteiger partial charge in [-0.2, -0.15) is 0 Å². The molecule has 0 saturated heterocycles. The minimum Gasteiger partial charge on any atom is -0.384 e. The monoisotopic (exact) mass is 328 g/mol. The Morgan fingerprint density at radius 1 is 0.727 bits per heavy atom. The Balaban J connectivity index is 1.90. The summed E-state index contributed by atoms with van der Waals surface area (Å²) in [6.45, 7) is 0. The first-order valence-electron chi connectivity index (χ1n) is 6.93. The molecule has 0 aliphatic heterocycles. The molecule has 0 saturated carbocycles. The second-order valence-electron chi connectivity index (χ2n) is 5.06. The molecule has 22 heavy (non-hydrogen) atoms. The minimum absolute atomic E-state index is 0.615. The van der Waals surface area contributed by atoms with E-state index in [-0.39, 0.29) is 0 Å². The molecule has 1 nitrogen and oxygen atoms in total. The van der Waals surface area contributed by atoms with Gasteiger partial charge in [0.2, 0.25) is 0 Å². The average Bonchev–Trinajstić information content (AvgIpc) is 2.55. The molecular weight excluding hydrogens is 315 g/mol. The van der Waals surface area contributed by atoms with Gasteiger partial charge in [-0.3, -0.25) is 0 Å². The van der Waals surface area contributed by atoms with Crippen LogP contribution in [0.1, 0.15) is 17.2 Å². The molecule has 110 valence electrons. The van der Waals surface area contributed by atoms with Gasteiger partial charge in [-0.1, -0.05) is 83.9 Å². The molecule has 0 aliphatic rings. The van der Waals surface area contributed by atoms with E-state index in [4.69, 9.17) is 23.2 Å². The molecule has 1 N–H and O–H groups in total. The highest BCUT2D eigenvalue weighted by atomic mass is 35.5. The number of halogens is 2. The Morgan fingerprint density at radius 2 is 1.36 bits per heavy atom. The Labute approximate surface area is 139 Å². The van der Waals surface area contributed by atoms with E-state index in [0.29, 0.717) is 10.0 Å². The number of benzene rings is 3. The van der Waals surface area contributed by atoms with E-state index < -0.39 is 6.10 Å². The SMILES string of the molecule is OC(c1ccccc1)c1ccc(-c2ccc(Cl)cc2Cl)cc1. The van der Waals surface area contributed by atoms with E-state index in [0.717, 1.165) is 22.3 Å². The first kappa shape index (κ1) is 15.1. The van der Waals surface area contributed by atoms with Crippen molar-refractivity contribution in [2.45, 2.75) is 6.10 Å². The highest BCUT2D eigenvalue weighted by Gasteiger charge is 2.10. The molecule has 0 amide bonds. The summed E-state index contributed by atoms with van der Waals surface area (Å²) >= 11 is 12.1. The lowest BCUT2D eigenvalue weighted by molar-refractivity contribution is 0.220. The van der Waals surface area contributed by atoms with E-state index in [2.05, 4.69) is 0 Å². The third-order valence-corrected chi connectivity index (χ3v) is 4.13. The van der Waals surface area contributed by atoms with E-state index >= 15 is 0 Å². The zero-order chi connectivity index (χ0) is 15.5. The molecule has 0 aromatic heterocycles. The Hall–Kier alpha value is -1.80. The normalized spacial score (nSPS) is 12.1. The Morgan fingerprint density at radius 3 is 2.00 bits per heavy atom. The summed E-state index contributed by atoms with van der Waals surface area (Å²) in [4.78, 5) is 0. The van der Waals surface area contributed by atoms with Gasteiger partial charge in [0, 0.05) is 15.6 Å². The first-order chi connectivity index (χ1) is 10.6. The van der Waals surface area contributed by atoms with Crippen LogP contribution in [0, 0.1) is 0 Å². The third-order valence-electron chi connectivity index (χ3n) is 3.58. The van der Waals surface area contributed by atoms with Gasteiger partial charge in [0.05, 0.1) is 0 Å². The van der Waals surface area contributed by atoms with Crippen molar-refractivity contribution in [1.29, 1.82) is 0 Å². The number of hydrogen-bond acceptors (Lipinski definition) is 1. The fourth-order valence-electron chi connectivity index (χ4n) is 2.40. The lowest BCUT2D eigenvalue weighted by Crippen LogP contribution is -1.98. The molecule has 1 atom stereocenters. The minimum atomic E-state index is -0.629. The van der Waals surface area contributed by atoms with Crippen LogP contribution in [0.15, 0.2) is 72.8 Å². The van der Waals surface area contributed by atoms with Gasteiger partial charge in [-0.15, -0.1) is 0 Å². The van der Waals surface area contributed by atoms with Crippen LogP contribution in [0.2, 0.25) is 10.0 Å². The van der Waals surface area contributed by atoms with Gasteiger partial charge in [0.15, 0.2) is 0 Å². The number of aliphatic hydroxyl groups is 1. The largest absolute Gasteiger partial charge is 0.384 e. The molecule has 0 fully saturated rings. The summed E-state index contributed by atoms with van der Waals surface area (Å²) in [5.41, 5.74) is 3.64. The van der Waals surface area contributed by atoms with Gasteiger partial charge >= 0.3 is 0 Å². The second-order valence-corrected chi connectivity index (χ2v) is 5.90. The van der Waals surface area contributed by atoms with Crippen LogP contribution < -0.4 is 0 Å². The molecule has 1 unspecified atom stereocenters. The maximum Gasteiger partial charge on any atom is 0.104 e. The zero-order valence-corrected chi connectivity index (χ0v) is 13.2. The summed E-state index contributed by atoms with van der Waals surface area (Å²) < 4.78 is 0. The molecule has 3 heteroatoms. The van der Waals surface area contributed by atoms with Crippen molar-refractivity contribution >= 4 is 23.2 Å². The fourth-order valence-corrected chi connectivity index (χ4v) is 2.91. The number of hydrogen-bond donors (Lipinski definition) is 1. The smallest absolute Gasteiger partial charge is 0.104 e. The number of aliphatic hydroxyl groups excluding tert-OH is 1. The van der Waals surface area contributed by atoms with Crippen molar-refractivity contribution in [3.8, 4) is 11.1 Å². The molecule has 3 aromatic rings. The fraction of sp³-hybridized carbons (Fsp3) is 0.0526. The summed E-state index contributed by atoms with van der Waals surface area (Å²) in [5.74, 6) is 0. The van der Waals surface area contributed by atoms with E-state index in [1.54, 1.807) is 6.07 Å². The van der Waals surface area contributed by atoms with Crippen molar-refractivity contribution in [1.82, 2.24) is 0 Å². The van der Waals surface area contributed by atoms with Crippen LogP contribution >= 0.6 is 23.2 Å². The molecular formula is C19H14Cl2O. The third kappa shape index (κ3) is 3.17. The van der Waals surface area contributed by atoms with Crippen LogP contribution in [-0.2, 0) is 0 Å². The summed E-state index contributed by atoms with van der Waals surface area (Å²) in [6.07, 6.45) is -0.629. The highest BCUT2D eigenvalue weighted by Crippen LogP contribution is 2.31. The molecule has 0 heterocycles. The van der Waals surface area contributed by atoms with Crippen LogP contribution in [0.5, 0.6) is 0 Å². The van der Waals surface area contributed by atoms with Crippen molar-refractivity contribution < 1.29 is 5.11 Å². The van der Waals surface area contributed by atoms with Gasteiger partial charge < -0.3 is 5.11 Å². The van der Waals surface area contributed by atoms with E-state index in [9.17, 15) is 5.11 Å².